The second-order valence-electron chi connectivity index (χ2n) is 6.06. The summed E-state index contributed by atoms with van der Waals surface area (Å²) < 4.78 is 1.23. The highest BCUT2D eigenvalue weighted by Crippen LogP contribution is 2.30. The fraction of sp³-hybridized carbons (Fsp3) is 0.647. The summed E-state index contributed by atoms with van der Waals surface area (Å²) in [6.45, 7) is 8.80. The van der Waals surface area contributed by atoms with Gasteiger partial charge in [-0.25, -0.2) is 0 Å². The average molecular weight is 339 g/mol. The number of hydrogen-bond donors (Lipinski definition) is 1. The minimum atomic E-state index is 0.521. The predicted molar refractivity (Wildman–Crippen MR) is 91.4 cm³/mol. The van der Waals surface area contributed by atoms with Crippen LogP contribution in [-0.4, -0.2) is 18.6 Å². The maximum atomic E-state index is 3.74. The van der Waals surface area contributed by atoms with Gasteiger partial charge >= 0.3 is 0 Å². The Morgan fingerprint density at radius 1 is 1.35 bits per heavy atom. The SMILES string of the molecule is CCC1CCCCN1c1ccc(CNC(C)C)c(Br)c1. The zero-order chi connectivity index (χ0) is 14.5. The van der Waals surface area contributed by atoms with E-state index in [0.29, 0.717) is 6.04 Å². The molecule has 112 valence electrons. The Morgan fingerprint density at radius 2 is 2.15 bits per heavy atom. The van der Waals surface area contributed by atoms with Gasteiger partial charge in [0.25, 0.3) is 0 Å². The van der Waals surface area contributed by atoms with E-state index in [1.54, 1.807) is 0 Å². The van der Waals surface area contributed by atoms with Gasteiger partial charge in [-0.1, -0.05) is 42.8 Å². The first-order chi connectivity index (χ1) is 9.61. The minimum absolute atomic E-state index is 0.521. The number of anilines is 1. The van der Waals surface area contributed by atoms with Gasteiger partial charge in [0.1, 0.15) is 0 Å². The number of hydrogen-bond acceptors (Lipinski definition) is 2. The van der Waals surface area contributed by atoms with E-state index in [9.17, 15) is 0 Å². The smallest absolute Gasteiger partial charge is 0.0380 e. The molecule has 0 bridgehead atoms. The number of nitrogens with one attached hydrogen (secondary N) is 1. The summed E-state index contributed by atoms with van der Waals surface area (Å²) in [5.41, 5.74) is 2.71. The molecule has 0 amide bonds. The zero-order valence-electron chi connectivity index (χ0n) is 13.0. The second-order valence-corrected chi connectivity index (χ2v) is 6.92. The van der Waals surface area contributed by atoms with E-state index in [4.69, 9.17) is 0 Å². The largest absolute Gasteiger partial charge is 0.369 e. The molecule has 1 atom stereocenters. The summed E-state index contributed by atoms with van der Waals surface area (Å²) in [5.74, 6) is 0. The lowest BCUT2D eigenvalue weighted by atomic mass is 9.99. The third kappa shape index (κ3) is 3.98. The van der Waals surface area contributed by atoms with Gasteiger partial charge in [-0.15, -0.1) is 0 Å². The monoisotopic (exact) mass is 338 g/mol. The third-order valence-electron chi connectivity index (χ3n) is 4.17. The Labute approximate surface area is 132 Å². The summed E-state index contributed by atoms with van der Waals surface area (Å²) in [4.78, 5) is 2.59. The lowest BCUT2D eigenvalue weighted by molar-refractivity contribution is 0.450. The molecular formula is C17H27BrN2. The number of halogens is 1. The second kappa shape index (κ2) is 7.46. The first kappa shape index (κ1) is 15.8. The summed E-state index contributed by atoms with van der Waals surface area (Å²) in [5, 5.41) is 3.48. The minimum Gasteiger partial charge on any atom is -0.369 e. The maximum absolute atomic E-state index is 3.74. The molecule has 0 aromatic heterocycles. The molecule has 1 unspecified atom stereocenters. The van der Waals surface area contributed by atoms with Crippen molar-refractivity contribution in [3.05, 3.63) is 28.2 Å². The third-order valence-corrected chi connectivity index (χ3v) is 4.91. The standard InChI is InChI=1S/C17H27BrN2/c1-4-15-7-5-6-10-20(15)16-9-8-14(17(18)11-16)12-19-13(2)3/h8-9,11,13,15,19H,4-7,10,12H2,1-3H3. The van der Waals surface area contributed by atoms with Crippen molar-refractivity contribution in [1.82, 2.24) is 5.32 Å². The van der Waals surface area contributed by atoms with Crippen LogP contribution in [-0.2, 0) is 6.54 Å². The average Bonchev–Trinajstić information content (AvgIpc) is 2.45. The molecule has 3 heteroatoms. The van der Waals surface area contributed by atoms with Gasteiger partial charge in [0.2, 0.25) is 0 Å². The molecule has 0 spiro atoms. The molecule has 1 aliphatic rings. The fourth-order valence-electron chi connectivity index (χ4n) is 2.94. The fourth-order valence-corrected chi connectivity index (χ4v) is 3.44. The normalized spacial score (nSPS) is 19.6. The number of rotatable bonds is 5. The van der Waals surface area contributed by atoms with E-state index in [2.05, 4.69) is 65.1 Å². The summed E-state index contributed by atoms with van der Waals surface area (Å²) in [6, 6.07) is 8.08. The molecule has 0 radical (unpaired) electrons. The molecule has 1 fully saturated rings. The van der Waals surface area contributed by atoms with Gasteiger partial charge in [-0.05, 0) is 43.4 Å². The predicted octanol–water partition coefficient (Wildman–Crippen LogP) is 4.72. The van der Waals surface area contributed by atoms with Gasteiger partial charge in [-0.3, -0.25) is 0 Å². The topological polar surface area (TPSA) is 15.3 Å². The Balaban J connectivity index is 2.11. The molecule has 1 heterocycles. The number of benzene rings is 1. The van der Waals surface area contributed by atoms with E-state index in [-0.39, 0.29) is 0 Å². The Morgan fingerprint density at radius 3 is 2.80 bits per heavy atom. The van der Waals surface area contributed by atoms with Crippen LogP contribution in [0.1, 0.15) is 52.0 Å². The van der Waals surface area contributed by atoms with E-state index >= 15 is 0 Å². The van der Waals surface area contributed by atoms with Gasteiger partial charge in [0.05, 0.1) is 0 Å². The highest BCUT2D eigenvalue weighted by Gasteiger charge is 2.21. The van der Waals surface area contributed by atoms with Gasteiger partial charge in [0, 0.05) is 35.3 Å². The zero-order valence-corrected chi connectivity index (χ0v) is 14.5. The molecule has 2 rings (SSSR count). The van der Waals surface area contributed by atoms with Crippen LogP contribution in [0.15, 0.2) is 22.7 Å². The molecule has 20 heavy (non-hydrogen) atoms. The molecule has 0 saturated carbocycles. The summed E-state index contributed by atoms with van der Waals surface area (Å²) >= 11 is 3.74. The van der Waals surface area contributed by atoms with Crippen LogP contribution in [0.5, 0.6) is 0 Å². The van der Waals surface area contributed by atoms with E-state index in [0.717, 1.165) is 12.6 Å². The molecule has 1 aromatic rings. The van der Waals surface area contributed by atoms with Crippen molar-refractivity contribution in [3.8, 4) is 0 Å². The van der Waals surface area contributed by atoms with Gasteiger partial charge in [-0.2, -0.15) is 0 Å². The van der Waals surface area contributed by atoms with Crippen molar-refractivity contribution >= 4 is 21.6 Å². The van der Waals surface area contributed by atoms with Crippen molar-refractivity contribution < 1.29 is 0 Å². The lowest BCUT2D eigenvalue weighted by Gasteiger charge is -2.37. The molecule has 1 N–H and O–H groups in total. The van der Waals surface area contributed by atoms with Crippen molar-refractivity contribution in [1.29, 1.82) is 0 Å². The first-order valence-electron chi connectivity index (χ1n) is 7.90. The van der Waals surface area contributed by atoms with Crippen LogP contribution in [0.4, 0.5) is 5.69 Å². The van der Waals surface area contributed by atoms with E-state index in [1.165, 1.54) is 48.0 Å². The molecule has 0 aliphatic carbocycles. The van der Waals surface area contributed by atoms with Crippen molar-refractivity contribution in [3.63, 3.8) is 0 Å². The highest BCUT2D eigenvalue weighted by molar-refractivity contribution is 9.10. The Hall–Kier alpha value is -0.540. The van der Waals surface area contributed by atoms with Crippen LogP contribution in [0.3, 0.4) is 0 Å². The van der Waals surface area contributed by atoms with Crippen LogP contribution < -0.4 is 10.2 Å². The van der Waals surface area contributed by atoms with Crippen molar-refractivity contribution in [2.45, 2.75) is 65.1 Å². The maximum Gasteiger partial charge on any atom is 0.0380 e. The first-order valence-corrected chi connectivity index (χ1v) is 8.69. The van der Waals surface area contributed by atoms with Crippen LogP contribution in [0, 0.1) is 0 Å². The van der Waals surface area contributed by atoms with Crippen molar-refractivity contribution in [2.24, 2.45) is 0 Å². The number of piperidine rings is 1. The molecule has 1 aromatic carbocycles. The van der Waals surface area contributed by atoms with E-state index < -0.39 is 0 Å². The number of nitrogens with zero attached hydrogens (tertiary/aromatic N) is 1. The van der Waals surface area contributed by atoms with Gasteiger partial charge < -0.3 is 10.2 Å². The van der Waals surface area contributed by atoms with E-state index in [1.807, 2.05) is 0 Å². The molecule has 2 nitrogen and oxygen atoms in total. The highest BCUT2D eigenvalue weighted by atomic mass is 79.9. The Kier molecular flexibility index (Phi) is 5.91. The summed E-state index contributed by atoms with van der Waals surface area (Å²) in [7, 11) is 0. The lowest BCUT2D eigenvalue weighted by Crippen LogP contribution is -2.39. The van der Waals surface area contributed by atoms with Crippen LogP contribution in [0.25, 0.3) is 0 Å². The molecule has 1 aliphatic heterocycles. The van der Waals surface area contributed by atoms with Crippen LogP contribution >= 0.6 is 15.9 Å². The quantitative estimate of drug-likeness (QED) is 0.835. The Bertz CT molecular complexity index is 431. The summed E-state index contributed by atoms with van der Waals surface area (Å²) in [6.07, 6.45) is 5.29. The molecule has 1 saturated heterocycles. The van der Waals surface area contributed by atoms with Gasteiger partial charge in [0.15, 0.2) is 0 Å². The van der Waals surface area contributed by atoms with Crippen molar-refractivity contribution in [2.75, 3.05) is 11.4 Å². The molecular weight excluding hydrogens is 312 g/mol. The van der Waals surface area contributed by atoms with Crippen LogP contribution in [0.2, 0.25) is 0 Å².